The van der Waals surface area contributed by atoms with Crippen molar-refractivity contribution < 1.29 is 23.9 Å². The molecule has 0 bridgehead atoms. The van der Waals surface area contributed by atoms with E-state index in [-0.39, 0.29) is 23.8 Å². The molecule has 2 N–H and O–H groups in total. The average Bonchev–Trinajstić information content (AvgIpc) is 2.85. The van der Waals surface area contributed by atoms with Gasteiger partial charge in [-0.25, -0.2) is 9.69 Å². The molecule has 1 aliphatic heterocycles. The van der Waals surface area contributed by atoms with E-state index in [0.717, 1.165) is 16.0 Å². The quantitative estimate of drug-likeness (QED) is 0.328. The number of rotatable bonds is 6. The Morgan fingerprint density at radius 1 is 0.946 bits per heavy atom. The van der Waals surface area contributed by atoms with Crippen LogP contribution in [-0.2, 0) is 14.4 Å². The first kappa shape index (κ1) is 25.9. The van der Waals surface area contributed by atoms with Gasteiger partial charge in [0.05, 0.1) is 5.69 Å². The number of nitrogens with one attached hydrogen (secondary N) is 2. The van der Waals surface area contributed by atoms with Crippen LogP contribution in [-0.4, -0.2) is 30.4 Å². The van der Waals surface area contributed by atoms with Crippen LogP contribution in [0.4, 0.5) is 16.2 Å². The number of aryl methyl sites for hydroxylation is 2. The van der Waals surface area contributed by atoms with Gasteiger partial charge in [-0.1, -0.05) is 47.5 Å². The summed E-state index contributed by atoms with van der Waals surface area (Å²) in [5, 5.41) is 5.80. The van der Waals surface area contributed by atoms with Gasteiger partial charge < -0.3 is 10.1 Å². The summed E-state index contributed by atoms with van der Waals surface area (Å²) >= 11 is 12.2. The Kier molecular flexibility index (Phi) is 7.61. The smallest absolute Gasteiger partial charge is 0.335 e. The molecule has 4 rings (SSSR count). The van der Waals surface area contributed by atoms with Crippen LogP contribution >= 0.6 is 23.2 Å². The minimum Gasteiger partial charge on any atom is -0.484 e. The van der Waals surface area contributed by atoms with Crippen molar-refractivity contribution in [1.82, 2.24) is 5.32 Å². The Hall–Kier alpha value is -4.14. The summed E-state index contributed by atoms with van der Waals surface area (Å²) in [6, 6.07) is 15.5. The first-order chi connectivity index (χ1) is 17.6. The standard InChI is InChI=1S/C27H21Cl2N3O5/c1-15-3-7-18(12-22(15)28)30-24(33)14-37-20-9-5-17(6-10-20)11-21-25(34)31-27(36)32(26(21)35)19-8-4-16(2)23(29)13-19/h3-13H,14H2,1-2H3,(H,30,33)(H,31,34,36)/b21-11+. The van der Waals surface area contributed by atoms with E-state index in [9.17, 15) is 19.2 Å². The van der Waals surface area contributed by atoms with Gasteiger partial charge in [-0.15, -0.1) is 0 Å². The molecule has 10 heteroatoms. The van der Waals surface area contributed by atoms with Crippen LogP contribution in [0.3, 0.4) is 0 Å². The third-order valence-corrected chi connectivity index (χ3v) is 6.35. The SMILES string of the molecule is Cc1ccc(NC(=O)COc2ccc(/C=C3\C(=O)NC(=O)N(c4ccc(C)c(Cl)c4)C3=O)cc2)cc1Cl. The van der Waals surface area contributed by atoms with E-state index in [1.807, 2.05) is 6.92 Å². The number of imide groups is 2. The lowest BCUT2D eigenvalue weighted by atomic mass is 10.1. The molecule has 0 spiro atoms. The van der Waals surface area contributed by atoms with Crippen molar-refractivity contribution in [2.45, 2.75) is 13.8 Å². The van der Waals surface area contributed by atoms with Crippen molar-refractivity contribution in [3.63, 3.8) is 0 Å². The number of carbonyl (C=O) groups excluding carboxylic acids is 4. The third-order valence-electron chi connectivity index (χ3n) is 5.53. The third kappa shape index (κ3) is 5.99. The minimum absolute atomic E-state index is 0.221. The van der Waals surface area contributed by atoms with Crippen LogP contribution in [0.5, 0.6) is 5.75 Å². The zero-order chi connectivity index (χ0) is 26.7. The second-order valence-corrected chi connectivity index (χ2v) is 9.08. The number of anilines is 2. The molecule has 3 aromatic rings. The molecule has 1 fully saturated rings. The lowest BCUT2D eigenvalue weighted by Crippen LogP contribution is -2.54. The van der Waals surface area contributed by atoms with Gasteiger partial charge in [0.25, 0.3) is 17.7 Å². The number of urea groups is 1. The molecule has 188 valence electrons. The molecule has 0 radical (unpaired) electrons. The molecule has 0 atom stereocenters. The van der Waals surface area contributed by atoms with Gasteiger partial charge in [0.15, 0.2) is 6.61 Å². The van der Waals surface area contributed by atoms with Crippen LogP contribution < -0.4 is 20.3 Å². The molecule has 1 heterocycles. The fourth-order valence-electron chi connectivity index (χ4n) is 3.46. The van der Waals surface area contributed by atoms with E-state index >= 15 is 0 Å². The van der Waals surface area contributed by atoms with Crippen molar-refractivity contribution in [1.29, 1.82) is 0 Å². The molecular formula is C27H21Cl2N3O5. The van der Waals surface area contributed by atoms with Crippen molar-refractivity contribution >= 4 is 64.4 Å². The van der Waals surface area contributed by atoms with Crippen LogP contribution in [0.15, 0.2) is 66.2 Å². The van der Waals surface area contributed by atoms with Crippen LogP contribution in [0.2, 0.25) is 10.0 Å². The zero-order valence-electron chi connectivity index (χ0n) is 19.8. The molecule has 0 unspecified atom stereocenters. The van der Waals surface area contributed by atoms with Gasteiger partial charge >= 0.3 is 6.03 Å². The highest BCUT2D eigenvalue weighted by Gasteiger charge is 2.36. The molecule has 8 nitrogen and oxygen atoms in total. The highest BCUT2D eigenvalue weighted by molar-refractivity contribution is 6.39. The van der Waals surface area contributed by atoms with Gasteiger partial charge in [0.2, 0.25) is 0 Å². The molecule has 3 aromatic carbocycles. The number of hydrogen-bond donors (Lipinski definition) is 2. The number of amides is 5. The summed E-state index contributed by atoms with van der Waals surface area (Å²) in [6.07, 6.45) is 1.37. The van der Waals surface area contributed by atoms with E-state index in [1.165, 1.54) is 12.1 Å². The molecule has 5 amide bonds. The van der Waals surface area contributed by atoms with Crippen molar-refractivity contribution in [3.05, 3.63) is 93.0 Å². The van der Waals surface area contributed by atoms with E-state index in [4.69, 9.17) is 27.9 Å². The maximum absolute atomic E-state index is 13.0. The zero-order valence-corrected chi connectivity index (χ0v) is 21.3. The number of barbiturate groups is 1. The number of nitrogens with zero attached hydrogens (tertiary/aromatic N) is 1. The summed E-state index contributed by atoms with van der Waals surface area (Å²) in [7, 11) is 0. The van der Waals surface area contributed by atoms with E-state index in [2.05, 4.69) is 10.6 Å². The van der Waals surface area contributed by atoms with Crippen molar-refractivity contribution in [3.8, 4) is 5.75 Å². The van der Waals surface area contributed by atoms with Crippen LogP contribution in [0.25, 0.3) is 6.08 Å². The Balaban J connectivity index is 1.43. The lowest BCUT2D eigenvalue weighted by molar-refractivity contribution is -0.122. The Labute approximate surface area is 222 Å². The molecule has 0 aliphatic carbocycles. The number of hydrogen-bond acceptors (Lipinski definition) is 5. The summed E-state index contributed by atoms with van der Waals surface area (Å²) in [5.41, 5.74) is 2.77. The molecule has 0 saturated carbocycles. The Morgan fingerprint density at radius 2 is 1.59 bits per heavy atom. The van der Waals surface area contributed by atoms with Crippen LogP contribution in [0.1, 0.15) is 16.7 Å². The predicted molar refractivity (Wildman–Crippen MR) is 142 cm³/mol. The van der Waals surface area contributed by atoms with Gasteiger partial charge in [-0.05, 0) is 73.0 Å². The van der Waals surface area contributed by atoms with Gasteiger partial charge in [0.1, 0.15) is 11.3 Å². The number of carbonyl (C=O) groups is 4. The molecular weight excluding hydrogens is 517 g/mol. The number of benzene rings is 3. The predicted octanol–water partition coefficient (Wildman–Crippen LogP) is 5.29. The first-order valence-electron chi connectivity index (χ1n) is 11.1. The molecule has 1 aliphatic rings. The fraction of sp³-hybridized carbons (Fsp3) is 0.111. The Bertz CT molecular complexity index is 1450. The second kappa shape index (κ2) is 10.9. The maximum Gasteiger partial charge on any atom is 0.335 e. The topological polar surface area (TPSA) is 105 Å². The summed E-state index contributed by atoms with van der Waals surface area (Å²) in [4.78, 5) is 50.9. The Morgan fingerprint density at radius 3 is 2.24 bits per heavy atom. The highest BCUT2D eigenvalue weighted by Crippen LogP contribution is 2.27. The van der Waals surface area contributed by atoms with Gasteiger partial charge in [-0.2, -0.15) is 0 Å². The molecule has 1 saturated heterocycles. The van der Waals surface area contributed by atoms with Crippen molar-refractivity contribution in [2.24, 2.45) is 0 Å². The molecule has 37 heavy (non-hydrogen) atoms. The molecule has 0 aromatic heterocycles. The van der Waals surface area contributed by atoms with E-state index < -0.39 is 17.8 Å². The van der Waals surface area contributed by atoms with E-state index in [1.54, 1.807) is 61.5 Å². The largest absolute Gasteiger partial charge is 0.484 e. The first-order valence-corrected chi connectivity index (χ1v) is 11.8. The summed E-state index contributed by atoms with van der Waals surface area (Å²) in [5.74, 6) is -1.54. The number of halogens is 2. The summed E-state index contributed by atoms with van der Waals surface area (Å²) in [6.45, 7) is 3.42. The second-order valence-electron chi connectivity index (χ2n) is 8.26. The van der Waals surface area contributed by atoms with Gasteiger partial charge in [-0.3, -0.25) is 19.7 Å². The summed E-state index contributed by atoms with van der Waals surface area (Å²) < 4.78 is 5.51. The minimum atomic E-state index is -0.859. The normalized spacial score (nSPS) is 14.5. The lowest BCUT2D eigenvalue weighted by Gasteiger charge is -2.26. The maximum atomic E-state index is 13.0. The number of ether oxygens (including phenoxy) is 1. The monoisotopic (exact) mass is 537 g/mol. The highest BCUT2D eigenvalue weighted by atomic mass is 35.5. The van der Waals surface area contributed by atoms with Crippen molar-refractivity contribution in [2.75, 3.05) is 16.8 Å². The average molecular weight is 538 g/mol. The fourth-order valence-corrected chi connectivity index (χ4v) is 3.81. The van der Waals surface area contributed by atoms with E-state index in [0.29, 0.717) is 27.0 Å². The van der Waals surface area contributed by atoms with Crippen LogP contribution in [0, 0.1) is 13.8 Å². The van der Waals surface area contributed by atoms with Gasteiger partial charge in [0, 0.05) is 15.7 Å².